The van der Waals surface area contributed by atoms with E-state index in [4.69, 9.17) is 0 Å². The Morgan fingerprint density at radius 3 is 2.00 bits per heavy atom. The molecular weight excluding hydrogens is 165 g/mol. The molecule has 0 saturated carbocycles. The monoisotopic (exact) mass is 168 g/mol. The molecule has 0 aliphatic heterocycles. The average Bonchev–Trinajstić information content (AvgIpc) is 1.76. The molecule has 0 N–H and O–H groups in total. The molecule has 0 nitrogen and oxygen atoms in total. The molecular formula is C2H2P2Se. The third-order valence-electron chi connectivity index (χ3n) is 0.283. The quantitative estimate of drug-likeness (QED) is 0.517. The van der Waals surface area contributed by atoms with E-state index in [1.54, 1.807) is 0 Å². The van der Waals surface area contributed by atoms with Crippen molar-refractivity contribution < 1.29 is 0 Å². The summed E-state index contributed by atoms with van der Waals surface area (Å²) in [5.41, 5.74) is 0. The summed E-state index contributed by atoms with van der Waals surface area (Å²) in [5.74, 6) is 0. The molecule has 0 saturated heterocycles. The Bertz CT molecular complexity index is 64.1. The molecule has 1 aromatic rings. The van der Waals surface area contributed by atoms with Crippen molar-refractivity contribution in [2.75, 3.05) is 0 Å². The summed E-state index contributed by atoms with van der Waals surface area (Å²) < 4.78 is 4.66. The van der Waals surface area contributed by atoms with Gasteiger partial charge in [0.05, 0.1) is 0 Å². The van der Waals surface area contributed by atoms with E-state index in [1.807, 2.05) is 0 Å². The van der Waals surface area contributed by atoms with E-state index in [9.17, 15) is 0 Å². The van der Waals surface area contributed by atoms with Gasteiger partial charge in [-0.2, -0.15) is 0 Å². The topological polar surface area (TPSA) is 0 Å². The van der Waals surface area contributed by atoms with Gasteiger partial charge in [0.15, 0.2) is 0 Å². The summed E-state index contributed by atoms with van der Waals surface area (Å²) in [6, 6.07) is 0. The molecule has 0 aromatic carbocycles. The van der Waals surface area contributed by atoms with Crippen molar-refractivity contribution >= 4 is 30.2 Å². The molecule has 0 amide bonds. The molecule has 0 radical (unpaired) electrons. The van der Waals surface area contributed by atoms with E-state index in [0.717, 1.165) is 14.5 Å². The molecule has 0 aliphatic rings. The van der Waals surface area contributed by atoms with E-state index >= 15 is 0 Å². The summed E-state index contributed by atoms with van der Waals surface area (Å²) >= 11 is 0.795. The van der Waals surface area contributed by atoms with E-state index < -0.39 is 0 Å². The van der Waals surface area contributed by atoms with Crippen LogP contribution in [-0.2, 0) is 0 Å². The zero-order valence-electron chi connectivity index (χ0n) is 2.46. The molecule has 3 heteroatoms. The van der Waals surface area contributed by atoms with Crippen LogP contribution in [0.5, 0.6) is 0 Å². The summed E-state index contributed by atoms with van der Waals surface area (Å²) in [6.45, 7) is 0. The first-order valence-corrected chi connectivity index (χ1v) is 5.80. The van der Waals surface area contributed by atoms with Crippen LogP contribution < -0.4 is 0 Å². The van der Waals surface area contributed by atoms with Gasteiger partial charge in [0, 0.05) is 0 Å². The summed E-state index contributed by atoms with van der Waals surface area (Å²) in [6.07, 6.45) is 0. The third kappa shape index (κ3) is 1.16. The third-order valence-corrected chi connectivity index (χ3v) is 6.91. The van der Waals surface area contributed by atoms with Gasteiger partial charge in [0.1, 0.15) is 0 Å². The molecule has 0 spiro atoms. The standard InChI is InChI=1S/C2H2P2Se/c1-3-4-2-5-1/h1-2H. The van der Waals surface area contributed by atoms with E-state index in [2.05, 4.69) is 9.34 Å². The van der Waals surface area contributed by atoms with Crippen molar-refractivity contribution in [2.45, 2.75) is 0 Å². The SMILES string of the molecule is c1ppc[se]1. The van der Waals surface area contributed by atoms with Crippen molar-refractivity contribution in [2.24, 2.45) is 0 Å². The molecule has 1 heterocycles. The summed E-state index contributed by atoms with van der Waals surface area (Å²) in [4.78, 5) is 0. The minimum absolute atomic E-state index is 0.795. The molecule has 0 bridgehead atoms. The predicted octanol–water partition coefficient (Wildman–Crippen LogP) is 1.90. The van der Waals surface area contributed by atoms with Gasteiger partial charge in [-0.05, 0) is 0 Å². The van der Waals surface area contributed by atoms with Crippen molar-refractivity contribution in [3.05, 3.63) is 9.34 Å². The molecule has 1 aromatic heterocycles. The number of hydrogen-bond acceptors (Lipinski definition) is 0. The molecule has 5 heavy (non-hydrogen) atoms. The first kappa shape index (κ1) is 4.03. The van der Waals surface area contributed by atoms with Crippen LogP contribution >= 0.6 is 15.7 Å². The van der Waals surface area contributed by atoms with Gasteiger partial charge in [0.2, 0.25) is 0 Å². The molecule has 0 fully saturated rings. The van der Waals surface area contributed by atoms with Crippen molar-refractivity contribution in [1.29, 1.82) is 0 Å². The second-order valence-corrected chi connectivity index (χ2v) is 6.07. The zero-order chi connectivity index (χ0) is 3.54. The van der Waals surface area contributed by atoms with E-state index in [1.165, 1.54) is 15.7 Å². The Morgan fingerprint density at radius 2 is 1.80 bits per heavy atom. The van der Waals surface area contributed by atoms with Gasteiger partial charge >= 0.3 is 39.6 Å². The van der Waals surface area contributed by atoms with Crippen molar-refractivity contribution in [1.82, 2.24) is 0 Å². The van der Waals surface area contributed by atoms with Crippen LogP contribution in [0.25, 0.3) is 0 Å². The Kier molecular flexibility index (Phi) is 1.70. The zero-order valence-corrected chi connectivity index (χ0v) is 5.96. The van der Waals surface area contributed by atoms with E-state index in [-0.39, 0.29) is 0 Å². The van der Waals surface area contributed by atoms with Crippen LogP contribution in [-0.4, -0.2) is 14.5 Å². The average molecular weight is 167 g/mol. The summed E-state index contributed by atoms with van der Waals surface area (Å²) in [7, 11) is 3.02. The second-order valence-electron chi connectivity index (χ2n) is 0.578. The molecule has 26 valence electrons. The van der Waals surface area contributed by atoms with Crippen LogP contribution in [0.2, 0.25) is 0 Å². The Morgan fingerprint density at radius 1 is 1.20 bits per heavy atom. The van der Waals surface area contributed by atoms with Crippen LogP contribution in [0.3, 0.4) is 0 Å². The van der Waals surface area contributed by atoms with Gasteiger partial charge in [-0.1, -0.05) is 0 Å². The Hall–Kier alpha value is 0.859. The predicted molar refractivity (Wildman–Crippen MR) is 28.4 cm³/mol. The van der Waals surface area contributed by atoms with Crippen molar-refractivity contribution in [3.8, 4) is 0 Å². The fraction of sp³-hybridized carbons (Fsp3) is 0. The maximum atomic E-state index is 2.33. The second kappa shape index (κ2) is 2.11. The molecule has 0 aliphatic carbocycles. The first-order valence-electron chi connectivity index (χ1n) is 1.19. The van der Waals surface area contributed by atoms with Gasteiger partial charge < -0.3 is 0 Å². The Labute approximate surface area is 40.1 Å². The molecule has 0 atom stereocenters. The Balaban J connectivity index is 3.13. The van der Waals surface area contributed by atoms with Gasteiger partial charge in [-0.3, -0.25) is 0 Å². The van der Waals surface area contributed by atoms with E-state index in [0.29, 0.717) is 0 Å². The fourth-order valence-electron chi connectivity index (χ4n) is 0.136. The van der Waals surface area contributed by atoms with Crippen LogP contribution in [0, 0.1) is 0 Å². The number of hydrogen-bond donors (Lipinski definition) is 0. The van der Waals surface area contributed by atoms with Crippen LogP contribution in [0.4, 0.5) is 0 Å². The van der Waals surface area contributed by atoms with Crippen LogP contribution in [0.15, 0.2) is 9.34 Å². The maximum absolute atomic E-state index is 2.33. The normalized spacial score (nSPS) is 11.2. The van der Waals surface area contributed by atoms with Gasteiger partial charge in [0.25, 0.3) is 0 Å². The van der Waals surface area contributed by atoms with Crippen LogP contribution in [0.1, 0.15) is 0 Å². The van der Waals surface area contributed by atoms with Crippen molar-refractivity contribution in [3.63, 3.8) is 0 Å². The fourth-order valence-corrected chi connectivity index (χ4v) is 6.36. The van der Waals surface area contributed by atoms with Gasteiger partial charge in [-0.15, -0.1) is 0 Å². The summed E-state index contributed by atoms with van der Waals surface area (Å²) in [5, 5.41) is 0. The number of rotatable bonds is 0. The van der Waals surface area contributed by atoms with Gasteiger partial charge in [-0.25, -0.2) is 0 Å². The first-order chi connectivity index (χ1) is 2.50. The minimum atomic E-state index is 0.795. The molecule has 0 unspecified atom stereocenters. The molecule has 1 rings (SSSR count).